The summed E-state index contributed by atoms with van der Waals surface area (Å²) < 4.78 is 0. The van der Waals surface area contributed by atoms with Gasteiger partial charge in [-0.25, -0.2) is 0 Å². The van der Waals surface area contributed by atoms with Crippen molar-refractivity contribution >= 4 is 93.6 Å². The molecule has 0 bridgehead atoms. The van der Waals surface area contributed by atoms with Crippen LogP contribution in [0.25, 0.3) is 43.1 Å². The van der Waals surface area contributed by atoms with Gasteiger partial charge in [0.1, 0.15) is 0 Å². The first-order valence-electron chi connectivity index (χ1n) is 18.8. The van der Waals surface area contributed by atoms with E-state index in [2.05, 4.69) is 212 Å². The molecule has 54 heavy (non-hydrogen) atoms. The normalized spacial score (nSPS) is 10.7. The molecule has 0 heterocycles. The minimum Gasteiger partial charge on any atom is -0.175 e. The Morgan fingerprint density at radius 3 is 1.46 bits per heavy atom. The molecule has 8 rings (SSSR count). The molecular weight excluding hydrogens is 729 g/mol. The largest absolute Gasteiger partial charge is 0.175 e. The average Bonchev–Trinajstić information content (AvgIpc) is 3.23. The van der Waals surface area contributed by atoms with Crippen LogP contribution in [0.1, 0.15) is 59.7 Å². The van der Waals surface area contributed by atoms with Gasteiger partial charge >= 0.3 is 0 Å². The fourth-order valence-corrected chi connectivity index (χ4v) is 7.86. The molecular formula is C50H52S4. The van der Waals surface area contributed by atoms with Gasteiger partial charge in [-0.1, -0.05) is 160 Å². The Morgan fingerprint density at radius 2 is 0.870 bits per heavy atom. The van der Waals surface area contributed by atoms with Crippen LogP contribution in [0, 0.1) is 6.92 Å². The molecule has 0 nitrogen and oxygen atoms in total. The fraction of sp³-hybridized carbons (Fsp3) is 0.200. The summed E-state index contributed by atoms with van der Waals surface area (Å²) in [5.41, 5.74) is 9.50. The summed E-state index contributed by atoms with van der Waals surface area (Å²) in [6.45, 7) is 8.69. The van der Waals surface area contributed by atoms with Crippen molar-refractivity contribution in [2.45, 2.75) is 69.1 Å². The number of fused-ring (bicyclic) bond motifs is 4. The van der Waals surface area contributed by atoms with E-state index in [1.807, 2.05) is 12.1 Å². The quantitative estimate of drug-likeness (QED) is 0.119. The molecule has 0 unspecified atom stereocenters. The predicted octanol–water partition coefficient (Wildman–Crippen LogP) is 14.9. The first-order chi connectivity index (χ1) is 26.3. The molecule has 0 aliphatic rings. The Balaban J connectivity index is 0.000000139. The van der Waals surface area contributed by atoms with E-state index in [9.17, 15) is 0 Å². The number of hydrogen-bond donors (Lipinski definition) is 4. The van der Waals surface area contributed by atoms with Gasteiger partial charge in [0.2, 0.25) is 0 Å². The summed E-state index contributed by atoms with van der Waals surface area (Å²) >= 11 is 17.4. The maximum absolute atomic E-state index is 4.40. The molecule has 0 aromatic heterocycles. The highest BCUT2D eigenvalue weighted by Crippen LogP contribution is 2.26. The molecule has 0 fully saturated rings. The average molecular weight is 781 g/mol. The number of hydrogen-bond acceptors (Lipinski definition) is 4. The van der Waals surface area contributed by atoms with E-state index in [4.69, 9.17) is 0 Å². The summed E-state index contributed by atoms with van der Waals surface area (Å²) in [7, 11) is 0. The van der Waals surface area contributed by atoms with Crippen molar-refractivity contribution in [3.8, 4) is 0 Å². The zero-order valence-corrected chi connectivity index (χ0v) is 35.5. The van der Waals surface area contributed by atoms with Gasteiger partial charge in [-0.3, -0.25) is 0 Å². The van der Waals surface area contributed by atoms with Gasteiger partial charge in [-0.15, -0.1) is 12.6 Å². The maximum atomic E-state index is 4.40. The zero-order valence-electron chi connectivity index (χ0n) is 31.9. The van der Waals surface area contributed by atoms with Gasteiger partial charge in [-0.2, -0.15) is 37.9 Å². The predicted molar refractivity (Wildman–Crippen MR) is 254 cm³/mol. The first kappa shape index (κ1) is 41.4. The van der Waals surface area contributed by atoms with Crippen LogP contribution in [0.5, 0.6) is 0 Å². The molecule has 276 valence electrons. The Kier molecular flexibility index (Phi) is 15.9. The minimum atomic E-state index is 0.810. The van der Waals surface area contributed by atoms with Gasteiger partial charge in [-0.05, 0) is 114 Å². The molecule has 0 amide bonds. The molecule has 0 atom stereocenters. The highest BCUT2D eigenvalue weighted by Gasteiger charge is 2.03. The van der Waals surface area contributed by atoms with E-state index in [-0.39, 0.29) is 0 Å². The standard InChI is InChI=1S/3C13H14S.C11H10S/c1-2-10-3-5-13-8-11(9-14)4-6-12(13)7-10;1-2-10-5-3-8-13-11(9-14)6-4-7-12(10)13;1-2-10-7-11-5-3-4-6-12(11)8-13(10)9-14;1-8-4-2-6-10-9(8)5-3-7-11(10)12/h3*3-8,14H,2,9H2,1H3;2-7,12H,1H3. The van der Waals surface area contributed by atoms with E-state index in [0.29, 0.717) is 0 Å². The van der Waals surface area contributed by atoms with Gasteiger partial charge in [0.15, 0.2) is 0 Å². The minimum absolute atomic E-state index is 0.810. The lowest BCUT2D eigenvalue weighted by atomic mass is 9.99. The lowest BCUT2D eigenvalue weighted by Crippen LogP contribution is -1.89. The molecule has 8 aromatic carbocycles. The number of thiol groups is 4. The van der Waals surface area contributed by atoms with Crippen molar-refractivity contribution in [1.29, 1.82) is 0 Å². The SMILES string of the molecule is CCc1cc2ccccc2cc1CS.CCc1ccc2cc(CS)ccc2c1.CCc1cccc2c(CS)cccc12.Cc1cccc2c(S)cccc12. The molecule has 8 aromatic rings. The first-order valence-corrected chi connectivity index (χ1v) is 21.2. The molecule has 0 spiro atoms. The van der Waals surface area contributed by atoms with Crippen LogP contribution in [-0.4, -0.2) is 0 Å². The second kappa shape index (κ2) is 20.8. The highest BCUT2D eigenvalue weighted by atomic mass is 32.1. The van der Waals surface area contributed by atoms with Crippen LogP contribution in [0.3, 0.4) is 0 Å². The molecule has 0 saturated heterocycles. The molecule has 0 radical (unpaired) electrons. The van der Waals surface area contributed by atoms with Crippen LogP contribution in [-0.2, 0) is 36.5 Å². The fourth-order valence-electron chi connectivity index (χ4n) is 6.81. The third-order valence-corrected chi connectivity index (χ3v) is 11.4. The Bertz CT molecular complexity index is 2270. The van der Waals surface area contributed by atoms with E-state index in [1.165, 1.54) is 82.0 Å². The van der Waals surface area contributed by atoms with E-state index in [1.54, 1.807) is 0 Å². The molecule has 4 heteroatoms. The van der Waals surface area contributed by atoms with Crippen LogP contribution < -0.4 is 0 Å². The molecule has 0 aliphatic carbocycles. The van der Waals surface area contributed by atoms with Crippen molar-refractivity contribution in [2.75, 3.05) is 0 Å². The smallest absolute Gasteiger partial charge is 0.0160 e. The van der Waals surface area contributed by atoms with Crippen molar-refractivity contribution < 1.29 is 0 Å². The zero-order chi connectivity index (χ0) is 38.5. The van der Waals surface area contributed by atoms with Crippen LogP contribution in [0.4, 0.5) is 0 Å². The highest BCUT2D eigenvalue weighted by molar-refractivity contribution is 7.80. The van der Waals surface area contributed by atoms with Crippen molar-refractivity contribution in [3.63, 3.8) is 0 Å². The molecule has 0 aliphatic heterocycles. The van der Waals surface area contributed by atoms with Gasteiger partial charge in [0, 0.05) is 22.2 Å². The third-order valence-electron chi connectivity index (χ3n) is 9.95. The summed E-state index contributed by atoms with van der Waals surface area (Å²) in [5.74, 6) is 2.45. The number of benzene rings is 8. The van der Waals surface area contributed by atoms with E-state index < -0.39 is 0 Å². The van der Waals surface area contributed by atoms with Gasteiger partial charge in [0.25, 0.3) is 0 Å². The van der Waals surface area contributed by atoms with Crippen LogP contribution in [0.2, 0.25) is 0 Å². The number of aryl methyl sites for hydroxylation is 4. The Labute approximate surface area is 345 Å². The molecule has 0 saturated carbocycles. The summed E-state index contributed by atoms with van der Waals surface area (Å²) in [6, 6.07) is 51.7. The topological polar surface area (TPSA) is 0 Å². The second-order valence-electron chi connectivity index (χ2n) is 13.4. The second-order valence-corrected chi connectivity index (χ2v) is 14.8. The van der Waals surface area contributed by atoms with Gasteiger partial charge < -0.3 is 0 Å². The Morgan fingerprint density at radius 1 is 0.370 bits per heavy atom. The summed E-state index contributed by atoms with van der Waals surface area (Å²) in [4.78, 5) is 1.05. The molecule has 0 N–H and O–H groups in total. The lowest BCUT2D eigenvalue weighted by molar-refractivity contribution is 1.11. The van der Waals surface area contributed by atoms with Crippen molar-refractivity contribution in [1.82, 2.24) is 0 Å². The van der Waals surface area contributed by atoms with Crippen LogP contribution in [0.15, 0.2) is 150 Å². The van der Waals surface area contributed by atoms with Crippen LogP contribution >= 0.6 is 50.5 Å². The summed E-state index contributed by atoms with van der Waals surface area (Å²) in [6.07, 6.45) is 3.28. The maximum Gasteiger partial charge on any atom is 0.0160 e. The monoisotopic (exact) mass is 780 g/mol. The van der Waals surface area contributed by atoms with Crippen molar-refractivity contribution in [3.05, 3.63) is 185 Å². The Hall–Kier alpha value is -3.80. The number of rotatable bonds is 6. The van der Waals surface area contributed by atoms with Gasteiger partial charge in [0.05, 0.1) is 0 Å². The summed E-state index contributed by atoms with van der Waals surface area (Å²) in [5, 5.41) is 10.5. The lowest BCUT2D eigenvalue weighted by Gasteiger charge is -2.07. The third kappa shape index (κ3) is 10.5. The van der Waals surface area contributed by atoms with Crippen molar-refractivity contribution in [2.24, 2.45) is 0 Å². The van der Waals surface area contributed by atoms with E-state index >= 15 is 0 Å². The van der Waals surface area contributed by atoms with E-state index in [0.717, 1.165) is 41.4 Å².